The van der Waals surface area contributed by atoms with Crippen molar-refractivity contribution < 1.29 is 29.0 Å². The van der Waals surface area contributed by atoms with Gasteiger partial charge in [-0.1, -0.05) is 34.6 Å². The first kappa shape index (κ1) is 33.3. The molecular weight excluding hydrogens is 530 g/mol. The van der Waals surface area contributed by atoms with E-state index in [-0.39, 0.29) is 47.4 Å². The fraction of sp³-hybridized carbons (Fsp3) is 0.914. The van der Waals surface area contributed by atoms with Crippen LogP contribution in [0, 0.1) is 52.3 Å². The molecule has 4 fully saturated rings. The van der Waals surface area contributed by atoms with Crippen LogP contribution in [0.4, 0.5) is 0 Å². The molecule has 4 aliphatic rings. The van der Waals surface area contributed by atoms with Crippen molar-refractivity contribution in [3.05, 3.63) is 0 Å². The van der Waals surface area contributed by atoms with E-state index in [9.17, 15) is 19.5 Å². The van der Waals surface area contributed by atoms with Crippen LogP contribution in [-0.4, -0.2) is 47.3 Å². The van der Waals surface area contributed by atoms with Crippen LogP contribution in [0.3, 0.4) is 0 Å². The fourth-order valence-corrected chi connectivity index (χ4v) is 9.89. The first-order valence-electron chi connectivity index (χ1n) is 17.0. The van der Waals surface area contributed by atoms with Crippen molar-refractivity contribution in [1.82, 2.24) is 5.32 Å². The zero-order chi connectivity index (χ0) is 31.0. The highest BCUT2D eigenvalue weighted by atomic mass is 16.6. The second-order valence-corrected chi connectivity index (χ2v) is 16.0. The van der Waals surface area contributed by atoms with Crippen molar-refractivity contribution in [1.29, 1.82) is 0 Å². The minimum absolute atomic E-state index is 0.0375. The van der Waals surface area contributed by atoms with Gasteiger partial charge in [-0.2, -0.15) is 0 Å². The molecule has 7 nitrogen and oxygen atoms in total. The molecule has 4 saturated carbocycles. The van der Waals surface area contributed by atoms with Crippen LogP contribution in [0.15, 0.2) is 0 Å². The largest absolute Gasteiger partial charge is 0.462 e. The Hall–Kier alpha value is -1.63. The second-order valence-electron chi connectivity index (χ2n) is 16.0. The van der Waals surface area contributed by atoms with Gasteiger partial charge in [0.2, 0.25) is 5.91 Å². The van der Waals surface area contributed by atoms with E-state index in [0.717, 1.165) is 51.4 Å². The predicted molar refractivity (Wildman–Crippen MR) is 163 cm³/mol. The Kier molecular flexibility index (Phi) is 10.1. The molecule has 0 aromatic rings. The van der Waals surface area contributed by atoms with Crippen LogP contribution >= 0.6 is 0 Å². The molecule has 240 valence electrons. The highest BCUT2D eigenvalue weighted by molar-refractivity contribution is 5.82. The lowest BCUT2D eigenvalue weighted by Gasteiger charge is -2.62. The summed E-state index contributed by atoms with van der Waals surface area (Å²) in [5, 5.41) is 14.6. The fourth-order valence-electron chi connectivity index (χ4n) is 9.89. The maximum atomic E-state index is 12.6. The zero-order valence-electron chi connectivity index (χ0n) is 27.7. The summed E-state index contributed by atoms with van der Waals surface area (Å²) >= 11 is 0. The number of hydrogen-bond acceptors (Lipinski definition) is 6. The van der Waals surface area contributed by atoms with Crippen LogP contribution < -0.4 is 5.32 Å². The first-order chi connectivity index (χ1) is 19.6. The standard InChI is InChI=1S/C35H59NO6/c1-9-21(2)32(40)41-24-16-17-34(7)23(18-24)11-12-25-27-14-13-26(35(27,8)29(37)19-28(25)34)22(3)10-15-30(38)36-20-31(39)42-33(4,5)6/h21-29,37H,9-20H2,1-8H3,(H,36,38). The number of carbonyl (C=O) groups excluding carboxylic acids is 3. The lowest BCUT2D eigenvalue weighted by molar-refractivity contribution is -0.183. The van der Waals surface area contributed by atoms with Gasteiger partial charge >= 0.3 is 11.9 Å². The van der Waals surface area contributed by atoms with Gasteiger partial charge < -0.3 is 19.9 Å². The normalized spacial score (nSPS) is 39.2. The minimum Gasteiger partial charge on any atom is -0.462 e. The van der Waals surface area contributed by atoms with Gasteiger partial charge in [0.25, 0.3) is 0 Å². The minimum atomic E-state index is -0.567. The number of carbonyl (C=O) groups is 3. The molecule has 1 amide bonds. The van der Waals surface area contributed by atoms with Crippen molar-refractivity contribution in [3.63, 3.8) is 0 Å². The molecule has 0 radical (unpaired) electrons. The molecule has 4 rings (SSSR count). The van der Waals surface area contributed by atoms with E-state index in [2.05, 4.69) is 26.1 Å². The average molecular weight is 590 g/mol. The van der Waals surface area contributed by atoms with Crippen molar-refractivity contribution in [2.75, 3.05) is 6.54 Å². The van der Waals surface area contributed by atoms with Gasteiger partial charge in [0.1, 0.15) is 18.2 Å². The third-order valence-corrected chi connectivity index (χ3v) is 12.5. The molecule has 0 bridgehead atoms. The van der Waals surface area contributed by atoms with Gasteiger partial charge in [-0.05, 0) is 131 Å². The summed E-state index contributed by atoms with van der Waals surface area (Å²) in [6, 6.07) is 0. The summed E-state index contributed by atoms with van der Waals surface area (Å²) in [4.78, 5) is 37.0. The Bertz CT molecular complexity index is 990. The molecular formula is C35H59NO6. The van der Waals surface area contributed by atoms with E-state index in [4.69, 9.17) is 9.47 Å². The van der Waals surface area contributed by atoms with E-state index >= 15 is 0 Å². The van der Waals surface area contributed by atoms with Crippen LogP contribution in [0.2, 0.25) is 0 Å². The van der Waals surface area contributed by atoms with E-state index in [0.29, 0.717) is 41.9 Å². The van der Waals surface area contributed by atoms with Crippen molar-refractivity contribution in [2.45, 2.75) is 144 Å². The van der Waals surface area contributed by atoms with Gasteiger partial charge in [0, 0.05) is 6.42 Å². The predicted octanol–water partition coefficient (Wildman–Crippen LogP) is 6.45. The summed E-state index contributed by atoms with van der Waals surface area (Å²) < 4.78 is 11.3. The van der Waals surface area contributed by atoms with E-state index in [1.807, 2.05) is 34.6 Å². The Morgan fingerprint density at radius 2 is 1.71 bits per heavy atom. The van der Waals surface area contributed by atoms with Gasteiger partial charge in [0.05, 0.1) is 12.0 Å². The smallest absolute Gasteiger partial charge is 0.325 e. The number of ether oxygens (including phenoxy) is 2. The summed E-state index contributed by atoms with van der Waals surface area (Å²) in [5.41, 5.74) is -0.497. The average Bonchev–Trinajstić information content (AvgIpc) is 3.28. The summed E-state index contributed by atoms with van der Waals surface area (Å²) in [6.45, 7) is 16.4. The molecule has 42 heavy (non-hydrogen) atoms. The van der Waals surface area contributed by atoms with E-state index in [1.54, 1.807) is 0 Å². The number of fused-ring (bicyclic) bond motifs is 5. The third kappa shape index (κ3) is 6.71. The van der Waals surface area contributed by atoms with Gasteiger partial charge in [-0.3, -0.25) is 14.4 Å². The van der Waals surface area contributed by atoms with Gasteiger partial charge in [-0.25, -0.2) is 0 Å². The number of nitrogens with one attached hydrogen (secondary N) is 1. The molecule has 0 spiro atoms. The summed E-state index contributed by atoms with van der Waals surface area (Å²) in [5.74, 6) is 2.30. The Morgan fingerprint density at radius 3 is 2.38 bits per heavy atom. The maximum Gasteiger partial charge on any atom is 0.325 e. The van der Waals surface area contributed by atoms with Crippen molar-refractivity contribution >= 4 is 17.8 Å². The number of rotatable bonds is 9. The lowest BCUT2D eigenvalue weighted by Crippen LogP contribution is -2.59. The Labute approximate surface area is 254 Å². The maximum absolute atomic E-state index is 12.6. The van der Waals surface area contributed by atoms with Crippen molar-refractivity contribution in [3.8, 4) is 0 Å². The van der Waals surface area contributed by atoms with E-state index < -0.39 is 11.6 Å². The molecule has 0 heterocycles. The number of hydrogen-bond donors (Lipinski definition) is 2. The third-order valence-electron chi connectivity index (χ3n) is 12.5. The lowest BCUT2D eigenvalue weighted by atomic mass is 9.43. The molecule has 0 aliphatic heterocycles. The SMILES string of the molecule is CCC(C)C(=O)OC1CCC2(C)C(CCC3C2CC(O)C2(C)C(C(C)CCC(=O)NCC(=O)OC(C)(C)C)CCC32)C1. The molecule has 11 unspecified atom stereocenters. The topological polar surface area (TPSA) is 102 Å². The molecule has 11 atom stereocenters. The highest BCUT2D eigenvalue weighted by Crippen LogP contribution is 2.68. The molecule has 7 heteroatoms. The van der Waals surface area contributed by atoms with Crippen molar-refractivity contribution in [2.24, 2.45) is 52.3 Å². The zero-order valence-corrected chi connectivity index (χ0v) is 27.7. The Morgan fingerprint density at radius 1 is 1.00 bits per heavy atom. The molecule has 0 aromatic carbocycles. The molecule has 4 aliphatic carbocycles. The quantitative estimate of drug-likeness (QED) is 0.300. The van der Waals surface area contributed by atoms with Gasteiger partial charge in [0.15, 0.2) is 0 Å². The van der Waals surface area contributed by atoms with Gasteiger partial charge in [-0.15, -0.1) is 0 Å². The number of aliphatic hydroxyl groups is 1. The van der Waals surface area contributed by atoms with Crippen LogP contribution in [0.1, 0.15) is 126 Å². The molecule has 2 N–H and O–H groups in total. The van der Waals surface area contributed by atoms with Crippen LogP contribution in [0.25, 0.3) is 0 Å². The number of esters is 2. The van der Waals surface area contributed by atoms with E-state index in [1.165, 1.54) is 12.8 Å². The summed E-state index contributed by atoms with van der Waals surface area (Å²) in [7, 11) is 0. The van der Waals surface area contributed by atoms with Crippen LogP contribution in [0.5, 0.6) is 0 Å². The first-order valence-corrected chi connectivity index (χ1v) is 17.0. The number of aliphatic hydroxyl groups excluding tert-OH is 1. The Balaban J connectivity index is 1.35. The molecule has 0 aromatic heterocycles. The second kappa shape index (κ2) is 12.8. The monoisotopic (exact) mass is 589 g/mol. The number of amides is 1. The van der Waals surface area contributed by atoms with Crippen LogP contribution in [-0.2, 0) is 23.9 Å². The highest BCUT2D eigenvalue weighted by Gasteiger charge is 2.63. The molecule has 0 saturated heterocycles. The summed E-state index contributed by atoms with van der Waals surface area (Å²) in [6.07, 6.45) is 10.2.